The second kappa shape index (κ2) is 30.2. The second-order valence-electron chi connectivity index (χ2n) is 32.7. The Balaban J connectivity index is 0.000000128. The number of rotatable bonds is 10. The van der Waals surface area contributed by atoms with Crippen molar-refractivity contribution in [2.24, 2.45) is 0 Å². The predicted octanol–water partition coefficient (Wildman–Crippen LogP) is 29.7. The lowest BCUT2D eigenvalue weighted by Gasteiger charge is -2.34. The molecule has 1 fully saturated rings. The molecule has 0 radical (unpaired) electrons. The fourth-order valence-corrected chi connectivity index (χ4v) is 20.6. The maximum absolute atomic E-state index is 6.58. The van der Waals surface area contributed by atoms with E-state index >= 15 is 0 Å². The number of aromatic nitrogens is 2. The first-order chi connectivity index (χ1) is 58.7. The van der Waals surface area contributed by atoms with E-state index < -0.39 is 29.2 Å². The van der Waals surface area contributed by atoms with Crippen molar-refractivity contribution >= 4 is 132 Å². The minimum Gasteiger partial charge on any atom is -0.399 e. The van der Waals surface area contributed by atoms with Gasteiger partial charge in [0.25, 0.3) is 0 Å². The fraction of sp³-hybridized carbons (Fsp3) is 0.0714. The largest absolute Gasteiger partial charge is 0.494 e. The van der Waals surface area contributed by atoms with E-state index in [0.717, 1.165) is 31.3 Å². The molecule has 2 aromatic heterocycles. The van der Waals surface area contributed by atoms with Crippen molar-refractivity contribution in [3.8, 4) is 67.0 Å². The van der Waals surface area contributed by atoms with Crippen molar-refractivity contribution in [3.05, 3.63) is 470 Å². The second-order valence-corrected chi connectivity index (χ2v) is 35.8. The molecule has 20 aromatic rings. The predicted molar refractivity (Wildman–Crippen MR) is 518 cm³/mol. The molecule has 0 saturated carbocycles. The van der Waals surface area contributed by atoms with Gasteiger partial charge in [-0.3, -0.25) is 0 Å². The van der Waals surface area contributed by atoms with E-state index in [0.29, 0.717) is 0 Å². The lowest BCUT2D eigenvalue weighted by Crippen LogP contribution is -2.41. The molecule has 0 N–H and O–H groups in total. The van der Waals surface area contributed by atoms with Crippen LogP contribution < -0.4 is 5.46 Å². The van der Waals surface area contributed by atoms with Gasteiger partial charge in [0.05, 0.1) is 44.1 Å². The third-order valence-electron chi connectivity index (χ3n) is 25.6. The number of hydrogen-bond donors (Lipinski definition) is 0. The van der Waals surface area contributed by atoms with Gasteiger partial charge in [-0.2, -0.15) is 0 Å². The number of halogens is 3. The van der Waals surface area contributed by atoms with Gasteiger partial charge >= 0.3 is 7.12 Å². The van der Waals surface area contributed by atoms with Gasteiger partial charge in [-0.15, -0.1) is 0 Å². The van der Waals surface area contributed by atoms with Gasteiger partial charge in [0.15, 0.2) is 0 Å². The van der Waals surface area contributed by atoms with E-state index in [-0.39, 0.29) is 0 Å². The topological polar surface area (TPSA) is 28.3 Å². The van der Waals surface area contributed by atoms with Crippen molar-refractivity contribution in [3.63, 3.8) is 0 Å². The molecule has 23 rings (SSSR count). The molecule has 3 heterocycles. The molecule has 3 aliphatic rings. The normalized spacial score (nSPS) is 14.3. The van der Waals surface area contributed by atoms with Gasteiger partial charge in [-0.1, -0.05) is 359 Å². The first-order valence-corrected chi connectivity index (χ1v) is 43.8. The third kappa shape index (κ3) is 12.5. The van der Waals surface area contributed by atoms with Crippen molar-refractivity contribution in [2.75, 3.05) is 0 Å². The van der Waals surface area contributed by atoms with Crippen LogP contribution >= 0.6 is 54.5 Å². The Morgan fingerprint density at radius 3 is 1.06 bits per heavy atom. The standard InChI is InChI=1S/C53H34BrN.C47H38BNO2.C12H8BrI/c54-42-18-11-13-38(32-42)35-22-24-36(25-23-35)39-26-29-47-51(33-39)55(50-31-27-37-12-7-8-19-44(37)52(47)50)43-28-30-46-45-20-9-10-21-48(45)53(49(46)34-43,40-14-3-1-4-15-40)41-16-5-2-6-17-41;1-45(2)46(3,4)51-48(50-45)34-24-26-39-43(29-34)49(42-28-23-31-15-11-12-20-36(31)44(39)42)35-25-27-38-37-21-13-14-22-40(37)47(41(38)30-35,32-16-7-5-8-17-32)33-18-9-6-10-19-33;13-11-3-1-2-10(8-11)9-4-6-12(14)7-5-9/h1-34H;5-30H,1-4H3;1-8H. The highest BCUT2D eigenvalue weighted by atomic mass is 127. The number of hydrogen-bond acceptors (Lipinski definition) is 2. The fourth-order valence-electron chi connectivity index (χ4n) is 19.4. The molecule has 574 valence electrons. The molecule has 1 saturated heterocycles. The van der Waals surface area contributed by atoms with Crippen LogP contribution in [0.25, 0.3) is 132 Å². The molecular weight excluding hydrogens is 1700 g/mol. The van der Waals surface area contributed by atoms with Crippen molar-refractivity contribution in [1.29, 1.82) is 0 Å². The summed E-state index contributed by atoms with van der Waals surface area (Å²) >= 11 is 9.43. The Labute approximate surface area is 730 Å². The van der Waals surface area contributed by atoms with E-state index in [1.807, 2.05) is 6.07 Å². The Morgan fingerprint density at radius 2 is 0.625 bits per heavy atom. The van der Waals surface area contributed by atoms with Gasteiger partial charge in [-0.05, 0) is 262 Å². The molecule has 4 nitrogen and oxygen atoms in total. The maximum Gasteiger partial charge on any atom is 0.494 e. The highest BCUT2D eigenvalue weighted by Gasteiger charge is 2.52. The minimum atomic E-state index is -0.482. The zero-order valence-corrected chi connectivity index (χ0v) is 72.0. The minimum absolute atomic E-state index is 0.428. The van der Waals surface area contributed by atoms with Gasteiger partial charge in [0, 0.05) is 45.4 Å². The van der Waals surface area contributed by atoms with Crippen molar-refractivity contribution < 1.29 is 9.31 Å². The molecule has 1 aliphatic heterocycles. The van der Waals surface area contributed by atoms with Gasteiger partial charge in [-0.25, -0.2) is 0 Å². The molecule has 2 aliphatic carbocycles. The third-order valence-corrected chi connectivity index (χ3v) is 27.3. The van der Waals surface area contributed by atoms with Crippen LogP contribution in [0.3, 0.4) is 0 Å². The van der Waals surface area contributed by atoms with Crippen LogP contribution in [0.2, 0.25) is 0 Å². The van der Waals surface area contributed by atoms with Crippen LogP contribution in [0.1, 0.15) is 72.2 Å². The Bertz CT molecular complexity index is 7290. The number of nitrogens with zero attached hydrogens (tertiary/aromatic N) is 2. The van der Waals surface area contributed by atoms with Crippen LogP contribution in [0, 0.1) is 3.57 Å². The average Bonchev–Trinajstić information content (AvgIpc) is 1.57. The Kier molecular flexibility index (Phi) is 19.0. The first-order valence-electron chi connectivity index (χ1n) is 41.1. The lowest BCUT2D eigenvalue weighted by molar-refractivity contribution is 0.00578. The Hall–Kier alpha value is -12.2. The van der Waals surface area contributed by atoms with Crippen LogP contribution in [-0.4, -0.2) is 27.5 Å². The van der Waals surface area contributed by atoms with Gasteiger partial charge in [0.1, 0.15) is 0 Å². The summed E-state index contributed by atoms with van der Waals surface area (Å²) in [5.41, 5.74) is 28.9. The smallest absolute Gasteiger partial charge is 0.399 e. The number of benzene rings is 18. The summed E-state index contributed by atoms with van der Waals surface area (Å²) in [6.45, 7) is 8.46. The van der Waals surface area contributed by atoms with Crippen LogP contribution in [0.5, 0.6) is 0 Å². The van der Waals surface area contributed by atoms with E-state index in [4.69, 9.17) is 9.31 Å². The van der Waals surface area contributed by atoms with E-state index in [2.05, 4.69) is 498 Å². The van der Waals surface area contributed by atoms with E-state index in [9.17, 15) is 0 Å². The van der Waals surface area contributed by atoms with Crippen LogP contribution in [-0.2, 0) is 20.1 Å². The zero-order chi connectivity index (χ0) is 81.0. The van der Waals surface area contributed by atoms with E-state index in [1.165, 1.54) is 163 Å². The monoisotopic (exact) mass is 1780 g/mol. The van der Waals surface area contributed by atoms with Gasteiger partial charge in [0.2, 0.25) is 0 Å². The summed E-state index contributed by atoms with van der Waals surface area (Å²) in [6, 6.07) is 151. The number of fused-ring (bicyclic) bond motifs is 16. The van der Waals surface area contributed by atoms with Crippen LogP contribution in [0.4, 0.5) is 0 Å². The summed E-state index contributed by atoms with van der Waals surface area (Å²) in [5, 5.41) is 10.00. The molecule has 0 atom stereocenters. The quantitative estimate of drug-likeness (QED) is 0.101. The molecule has 0 unspecified atom stereocenters. The van der Waals surface area contributed by atoms with Crippen molar-refractivity contribution in [2.45, 2.75) is 49.7 Å². The molecule has 18 aromatic carbocycles. The lowest BCUT2D eigenvalue weighted by atomic mass is 9.67. The molecule has 120 heavy (non-hydrogen) atoms. The highest BCUT2D eigenvalue weighted by molar-refractivity contribution is 14.1. The Morgan fingerprint density at radius 1 is 0.267 bits per heavy atom. The summed E-state index contributed by atoms with van der Waals surface area (Å²) in [7, 11) is -0.457. The molecule has 0 bridgehead atoms. The SMILES string of the molecule is Brc1cccc(-c2ccc(-c3ccc4c5c6ccccc6ccc5n(-c5ccc6c(c5)C(c5ccccc5)(c5ccccc5)c5ccccc5-6)c4c3)cc2)c1.Brc1cccc(-c2ccc(I)cc2)c1.CC1(C)OB(c2ccc3c4c5ccccc5ccc4n(-c4ccc5c(c4)C(c4ccccc4)(c4ccccc4)c4ccccc4-5)c3c2)OC1(C)C. The summed E-state index contributed by atoms with van der Waals surface area (Å²) in [5.74, 6) is 0. The molecular formula is C112H80BBr2IN2O2. The van der Waals surface area contributed by atoms with Gasteiger partial charge < -0.3 is 18.4 Å². The van der Waals surface area contributed by atoms with Crippen LogP contribution in [0.15, 0.2) is 421 Å². The summed E-state index contributed by atoms with van der Waals surface area (Å²) in [6.07, 6.45) is 0. The maximum atomic E-state index is 6.58. The summed E-state index contributed by atoms with van der Waals surface area (Å²) < 4.78 is 21.6. The average molecular weight is 1780 g/mol. The zero-order valence-electron chi connectivity index (χ0n) is 66.7. The highest BCUT2D eigenvalue weighted by Crippen LogP contribution is 2.59. The summed E-state index contributed by atoms with van der Waals surface area (Å²) in [4.78, 5) is 0. The molecule has 8 heteroatoms. The molecule has 0 amide bonds. The van der Waals surface area contributed by atoms with Crippen molar-refractivity contribution in [1.82, 2.24) is 9.13 Å². The first kappa shape index (κ1) is 75.2. The van der Waals surface area contributed by atoms with E-state index in [1.54, 1.807) is 0 Å². The molecule has 0 spiro atoms.